The summed E-state index contributed by atoms with van der Waals surface area (Å²) in [5, 5.41) is 0. The lowest BCUT2D eigenvalue weighted by molar-refractivity contribution is 0.630. The zero-order chi connectivity index (χ0) is 13.6. The van der Waals surface area contributed by atoms with Gasteiger partial charge >= 0.3 is 0 Å². The van der Waals surface area contributed by atoms with E-state index >= 15 is 0 Å². The summed E-state index contributed by atoms with van der Waals surface area (Å²) in [5.41, 5.74) is 8.71. The smallest absolute Gasteiger partial charge is 0.139 e. The summed E-state index contributed by atoms with van der Waals surface area (Å²) in [6.45, 7) is 1.97. The summed E-state index contributed by atoms with van der Waals surface area (Å²) in [6, 6.07) is 8.54. The van der Waals surface area contributed by atoms with Gasteiger partial charge in [-0.15, -0.1) is 0 Å². The lowest BCUT2D eigenvalue weighted by atomic mass is 10.1. The van der Waals surface area contributed by atoms with Gasteiger partial charge in [0.2, 0.25) is 0 Å². The second kappa shape index (κ2) is 4.35. The molecule has 2 heterocycles. The second-order valence-electron chi connectivity index (χ2n) is 4.40. The van der Waals surface area contributed by atoms with Crippen LogP contribution in [0.5, 0.6) is 0 Å². The molecule has 0 amide bonds. The van der Waals surface area contributed by atoms with E-state index in [4.69, 9.17) is 5.73 Å². The van der Waals surface area contributed by atoms with E-state index in [2.05, 4.69) is 20.9 Å². The van der Waals surface area contributed by atoms with E-state index in [-0.39, 0.29) is 5.82 Å². The average Bonchev–Trinajstić information content (AvgIpc) is 2.70. The van der Waals surface area contributed by atoms with Crippen molar-refractivity contribution in [2.75, 3.05) is 5.73 Å². The van der Waals surface area contributed by atoms with Gasteiger partial charge in [0.15, 0.2) is 0 Å². The van der Waals surface area contributed by atoms with Crippen LogP contribution in [-0.4, -0.2) is 9.38 Å². The first-order chi connectivity index (χ1) is 9.06. The molecule has 0 radical (unpaired) electrons. The Bertz CT molecular complexity index is 780. The SMILES string of the molecule is Cc1ccc2nc(-c3cc(Br)ccc3F)c(N)n2c1. The topological polar surface area (TPSA) is 43.3 Å². The summed E-state index contributed by atoms with van der Waals surface area (Å²) >= 11 is 3.33. The highest BCUT2D eigenvalue weighted by Crippen LogP contribution is 2.30. The molecule has 5 heteroatoms. The summed E-state index contributed by atoms with van der Waals surface area (Å²) in [6.07, 6.45) is 1.89. The standard InChI is InChI=1S/C14H11BrFN3/c1-8-2-5-12-18-13(14(17)19(12)7-8)10-6-9(15)3-4-11(10)16/h2-7H,17H2,1H3. The molecule has 0 bridgehead atoms. The molecule has 0 saturated heterocycles. The lowest BCUT2D eigenvalue weighted by Gasteiger charge is -2.02. The first kappa shape index (κ1) is 12.2. The Balaban J connectivity index is 2.31. The second-order valence-corrected chi connectivity index (χ2v) is 5.32. The third kappa shape index (κ3) is 2.00. The van der Waals surface area contributed by atoms with Crippen molar-refractivity contribution in [1.82, 2.24) is 9.38 Å². The normalized spacial score (nSPS) is 11.1. The van der Waals surface area contributed by atoms with Gasteiger partial charge in [-0.2, -0.15) is 0 Å². The van der Waals surface area contributed by atoms with Crippen LogP contribution in [0.15, 0.2) is 41.0 Å². The molecule has 0 unspecified atom stereocenters. The number of imidazole rings is 1. The number of aromatic nitrogens is 2. The lowest BCUT2D eigenvalue weighted by Crippen LogP contribution is -1.95. The van der Waals surface area contributed by atoms with Gasteiger partial charge in [-0.05, 0) is 36.8 Å². The van der Waals surface area contributed by atoms with Crippen molar-refractivity contribution < 1.29 is 4.39 Å². The quantitative estimate of drug-likeness (QED) is 0.741. The van der Waals surface area contributed by atoms with Crippen molar-refractivity contribution in [3.8, 4) is 11.3 Å². The first-order valence-corrected chi connectivity index (χ1v) is 6.55. The number of halogens is 2. The van der Waals surface area contributed by atoms with Crippen molar-refractivity contribution in [2.45, 2.75) is 6.92 Å². The molecule has 0 saturated carbocycles. The third-order valence-electron chi connectivity index (χ3n) is 2.99. The minimum atomic E-state index is -0.338. The summed E-state index contributed by atoms with van der Waals surface area (Å²) in [7, 11) is 0. The van der Waals surface area contributed by atoms with Gasteiger partial charge in [-0.3, -0.25) is 4.40 Å². The Kier molecular flexibility index (Phi) is 2.78. The number of nitrogen functional groups attached to an aromatic ring is 1. The molecule has 19 heavy (non-hydrogen) atoms. The zero-order valence-electron chi connectivity index (χ0n) is 10.2. The van der Waals surface area contributed by atoms with Crippen LogP contribution in [0.3, 0.4) is 0 Å². The molecule has 2 N–H and O–H groups in total. The van der Waals surface area contributed by atoms with Crippen LogP contribution in [0, 0.1) is 12.7 Å². The Hall–Kier alpha value is -1.88. The molecule has 0 aliphatic heterocycles. The number of anilines is 1. The molecule has 2 aromatic heterocycles. The fourth-order valence-corrected chi connectivity index (χ4v) is 2.41. The minimum Gasteiger partial charge on any atom is -0.383 e. The molecule has 3 rings (SSSR count). The van der Waals surface area contributed by atoms with Crippen LogP contribution >= 0.6 is 15.9 Å². The highest BCUT2D eigenvalue weighted by Gasteiger charge is 2.15. The van der Waals surface area contributed by atoms with Crippen LogP contribution in [0.2, 0.25) is 0 Å². The first-order valence-electron chi connectivity index (χ1n) is 5.76. The fourth-order valence-electron chi connectivity index (χ4n) is 2.05. The van der Waals surface area contributed by atoms with E-state index in [1.807, 2.05) is 25.3 Å². The Morgan fingerprint density at radius 1 is 1.26 bits per heavy atom. The van der Waals surface area contributed by atoms with Gasteiger partial charge in [0.05, 0.1) is 0 Å². The Labute approximate surface area is 118 Å². The molecule has 0 aliphatic rings. The number of hydrogen-bond donors (Lipinski definition) is 1. The highest BCUT2D eigenvalue weighted by atomic mass is 79.9. The molecule has 1 aromatic carbocycles. The van der Waals surface area contributed by atoms with Crippen LogP contribution in [0.1, 0.15) is 5.56 Å². The van der Waals surface area contributed by atoms with Gasteiger partial charge in [-0.25, -0.2) is 9.37 Å². The van der Waals surface area contributed by atoms with Crippen molar-refractivity contribution in [3.05, 3.63) is 52.4 Å². The highest BCUT2D eigenvalue weighted by molar-refractivity contribution is 9.10. The van der Waals surface area contributed by atoms with E-state index in [1.54, 1.807) is 16.5 Å². The summed E-state index contributed by atoms with van der Waals surface area (Å²) in [4.78, 5) is 4.40. The van der Waals surface area contributed by atoms with Gasteiger partial charge in [0, 0.05) is 16.2 Å². The van der Waals surface area contributed by atoms with Crippen LogP contribution in [0.4, 0.5) is 10.2 Å². The molecule has 3 aromatic rings. The van der Waals surface area contributed by atoms with Gasteiger partial charge in [-0.1, -0.05) is 22.0 Å². The average molecular weight is 320 g/mol. The number of benzene rings is 1. The minimum absolute atomic E-state index is 0.338. The van der Waals surface area contributed by atoms with E-state index < -0.39 is 0 Å². The van der Waals surface area contributed by atoms with Crippen LogP contribution in [0.25, 0.3) is 16.9 Å². The number of fused-ring (bicyclic) bond motifs is 1. The van der Waals surface area contributed by atoms with Crippen molar-refractivity contribution in [3.63, 3.8) is 0 Å². The van der Waals surface area contributed by atoms with E-state index in [1.165, 1.54) is 6.07 Å². The van der Waals surface area contributed by atoms with Crippen molar-refractivity contribution in [1.29, 1.82) is 0 Å². The largest absolute Gasteiger partial charge is 0.383 e. The third-order valence-corrected chi connectivity index (χ3v) is 3.48. The van der Waals surface area contributed by atoms with Gasteiger partial charge < -0.3 is 5.73 Å². The molecule has 0 fully saturated rings. The number of aryl methyl sites for hydroxylation is 1. The predicted octanol–water partition coefficient (Wildman–Crippen LogP) is 3.79. The number of hydrogen-bond acceptors (Lipinski definition) is 2. The summed E-state index contributed by atoms with van der Waals surface area (Å²) < 4.78 is 16.5. The maximum atomic E-state index is 13.9. The number of nitrogens with zero attached hydrogens (tertiary/aromatic N) is 2. The molecule has 0 atom stereocenters. The summed E-state index contributed by atoms with van der Waals surface area (Å²) in [5.74, 6) is 0.103. The zero-order valence-corrected chi connectivity index (χ0v) is 11.8. The van der Waals surface area contributed by atoms with Gasteiger partial charge in [0.1, 0.15) is 23.0 Å². The maximum Gasteiger partial charge on any atom is 0.139 e. The Morgan fingerprint density at radius 3 is 2.84 bits per heavy atom. The van der Waals surface area contributed by atoms with Gasteiger partial charge in [0.25, 0.3) is 0 Å². The van der Waals surface area contributed by atoms with E-state index in [0.29, 0.717) is 22.7 Å². The van der Waals surface area contributed by atoms with E-state index in [9.17, 15) is 4.39 Å². The maximum absolute atomic E-state index is 13.9. The Morgan fingerprint density at radius 2 is 2.05 bits per heavy atom. The molecular formula is C14H11BrFN3. The van der Waals surface area contributed by atoms with Crippen LogP contribution < -0.4 is 5.73 Å². The number of rotatable bonds is 1. The number of pyridine rings is 1. The van der Waals surface area contributed by atoms with E-state index in [0.717, 1.165) is 10.0 Å². The monoisotopic (exact) mass is 319 g/mol. The predicted molar refractivity (Wildman–Crippen MR) is 77.4 cm³/mol. The molecule has 3 nitrogen and oxygen atoms in total. The fraction of sp³-hybridized carbons (Fsp3) is 0.0714. The number of nitrogens with two attached hydrogens (primary N) is 1. The van der Waals surface area contributed by atoms with Crippen molar-refractivity contribution >= 4 is 27.4 Å². The van der Waals surface area contributed by atoms with Crippen LogP contribution in [-0.2, 0) is 0 Å². The molecular weight excluding hydrogens is 309 g/mol. The molecule has 0 spiro atoms. The molecule has 96 valence electrons. The van der Waals surface area contributed by atoms with Crippen molar-refractivity contribution in [2.24, 2.45) is 0 Å². The molecule has 0 aliphatic carbocycles.